The van der Waals surface area contributed by atoms with Crippen LogP contribution in [0.2, 0.25) is 0 Å². The molecular weight excluding hydrogens is 242 g/mol. The van der Waals surface area contributed by atoms with Gasteiger partial charge in [-0.3, -0.25) is 0 Å². The Labute approximate surface area is 89.5 Å². The van der Waals surface area contributed by atoms with E-state index in [1.165, 1.54) is 0 Å². The molecular formula is C10H6BrN3. The maximum Gasteiger partial charge on any atom is 0.128 e. The van der Waals surface area contributed by atoms with E-state index in [9.17, 15) is 0 Å². The summed E-state index contributed by atoms with van der Waals surface area (Å²) in [6, 6.07) is 7.35. The van der Waals surface area contributed by atoms with Crippen LogP contribution in [0.25, 0.3) is 11.0 Å². The molecule has 2 rings (SSSR count). The highest BCUT2D eigenvalue weighted by atomic mass is 79.9. The summed E-state index contributed by atoms with van der Waals surface area (Å²) in [5.74, 6) is 0. The van der Waals surface area contributed by atoms with Crippen LogP contribution >= 0.6 is 15.9 Å². The Hall–Kier alpha value is -1.47. The first kappa shape index (κ1) is 9.10. The fourth-order valence-corrected chi connectivity index (χ4v) is 1.47. The van der Waals surface area contributed by atoms with Gasteiger partial charge in [-0.15, -0.1) is 0 Å². The van der Waals surface area contributed by atoms with Gasteiger partial charge in [0.25, 0.3) is 0 Å². The summed E-state index contributed by atoms with van der Waals surface area (Å²) >= 11 is 3.31. The van der Waals surface area contributed by atoms with Crippen molar-refractivity contribution in [3.63, 3.8) is 0 Å². The van der Waals surface area contributed by atoms with Gasteiger partial charge < -0.3 is 0 Å². The van der Waals surface area contributed by atoms with Gasteiger partial charge in [0.1, 0.15) is 4.60 Å². The van der Waals surface area contributed by atoms with Crippen LogP contribution in [0.1, 0.15) is 11.3 Å². The van der Waals surface area contributed by atoms with Gasteiger partial charge >= 0.3 is 0 Å². The zero-order chi connectivity index (χ0) is 10.1. The second-order valence-electron chi connectivity index (χ2n) is 2.92. The van der Waals surface area contributed by atoms with Crippen molar-refractivity contribution in [1.82, 2.24) is 9.97 Å². The molecule has 1 aromatic carbocycles. The fourth-order valence-electron chi connectivity index (χ4n) is 1.19. The van der Waals surface area contributed by atoms with E-state index in [2.05, 4.69) is 32.0 Å². The summed E-state index contributed by atoms with van der Waals surface area (Å²) in [4.78, 5) is 8.62. The largest absolute Gasteiger partial charge is 0.249 e. The number of hydrogen-bond donors (Lipinski definition) is 0. The molecule has 0 aliphatic rings. The molecule has 0 aliphatic heterocycles. The van der Waals surface area contributed by atoms with Gasteiger partial charge in [-0.05, 0) is 41.1 Å². The van der Waals surface area contributed by atoms with Crippen molar-refractivity contribution in [2.45, 2.75) is 6.92 Å². The molecule has 0 bridgehead atoms. The SMILES string of the molecule is Cc1nc2ccc(C#N)cc2nc1Br. The molecule has 3 nitrogen and oxygen atoms in total. The van der Waals surface area contributed by atoms with Gasteiger partial charge in [-0.1, -0.05) is 0 Å². The van der Waals surface area contributed by atoms with Crippen LogP contribution in [0.5, 0.6) is 0 Å². The van der Waals surface area contributed by atoms with Crippen molar-refractivity contribution in [2.75, 3.05) is 0 Å². The first-order chi connectivity index (χ1) is 6.70. The third-order valence-electron chi connectivity index (χ3n) is 1.91. The Balaban J connectivity index is 2.78. The van der Waals surface area contributed by atoms with Gasteiger partial charge in [0.15, 0.2) is 0 Å². The van der Waals surface area contributed by atoms with Gasteiger partial charge in [0, 0.05) is 0 Å². The van der Waals surface area contributed by atoms with Crippen LogP contribution in [0, 0.1) is 18.3 Å². The quantitative estimate of drug-likeness (QED) is 0.719. The average molecular weight is 248 g/mol. The molecule has 0 atom stereocenters. The smallest absolute Gasteiger partial charge is 0.128 e. The van der Waals surface area contributed by atoms with Crippen molar-refractivity contribution in [1.29, 1.82) is 5.26 Å². The average Bonchev–Trinajstić information content (AvgIpc) is 2.19. The monoisotopic (exact) mass is 247 g/mol. The highest BCUT2D eigenvalue weighted by molar-refractivity contribution is 9.10. The molecule has 1 aromatic heterocycles. The van der Waals surface area contributed by atoms with Crippen LogP contribution in [0.4, 0.5) is 0 Å². The highest BCUT2D eigenvalue weighted by Crippen LogP contribution is 2.17. The zero-order valence-corrected chi connectivity index (χ0v) is 9.04. The van der Waals surface area contributed by atoms with Crippen LogP contribution in [0.3, 0.4) is 0 Å². The van der Waals surface area contributed by atoms with Crippen LogP contribution in [-0.4, -0.2) is 9.97 Å². The Bertz CT molecular complexity index is 543. The predicted molar refractivity (Wildman–Crippen MR) is 56.7 cm³/mol. The lowest BCUT2D eigenvalue weighted by molar-refractivity contribution is 1.15. The van der Waals surface area contributed by atoms with Gasteiger partial charge in [-0.25, -0.2) is 9.97 Å². The molecule has 0 saturated carbocycles. The molecule has 0 unspecified atom stereocenters. The lowest BCUT2D eigenvalue weighted by Crippen LogP contribution is -1.90. The summed E-state index contributed by atoms with van der Waals surface area (Å²) < 4.78 is 0.722. The topological polar surface area (TPSA) is 49.6 Å². The molecule has 0 spiro atoms. The molecule has 14 heavy (non-hydrogen) atoms. The Morgan fingerprint density at radius 2 is 2.07 bits per heavy atom. The molecule has 68 valence electrons. The van der Waals surface area contributed by atoms with Crippen molar-refractivity contribution in [3.05, 3.63) is 34.1 Å². The maximum absolute atomic E-state index is 8.71. The minimum Gasteiger partial charge on any atom is -0.249 e. The van der Waals surface area contributed by atoms with Crippen molar-refractivity contribution in [2.24, 2.45) is 0 Å². The summed E-state index contributed by atoms with van der Waals surface area (Å²) in [5.41, 5.74) is 3.00. The van der Waals surface area contributed by atoms with E-state index in [0.29, 0.717) is 5.56 Å². The summed E-state index contributed by atoms with van der Waals surface area (Å²) in [6.07, 6.45) is 0. The van der Waals surface area contributed by atoms with Gasteiger partial charge in [-0.2, -0.15) is 5.26 Å². The lowest BCUT2D eigenvalue weighted by atomic mass is 10.2. The molecule has 1 heterocycles. The number of nitriles is 1. The second-order valence-corrected chi connectivity index (χ2v) is 3.67. The maximum atomic E-state index is 8.71. The molecule has 0 saturated heterocycles. The van der Waals surface area contributed by atoms with E-state index in [1.807, 2.05) is 6.92 Å². The number of nitrogens with zero attached hydrogens (tertiary/aromatic N) is 3. The number of aryl methyl sites for hydroxylation is 1. The number of rotatable bonds is 0. The van der Waals surface area contributed by atoms with Crippen LogP contribution in [0.15, 0.2) is 22.8 Å². The molecule has 0 aliphatic carbocycles. The number of benzene rings is 1. The van der Waals surface area contributed by atoms with E-state index >= 15 is 0 Å². The zero-order valence-electron chi connectivity index (χ0n) is 7.45. The first-order valence-corrected chi connectivity index (χ1v) is 4.84. The normalized spacial score (nSPS) is 10.1. The number of halogens is 1. The van der Waals surface area contributed by atoms with Crippen molar-refractivity contribution >= 4 is 27.0 Å². The minimum atomic E-state index is 0.600. The summed E-state index contributed by atoms with van der Waals surface area (Å²) in [7, 11) is 0. The third kappa shape index (κ3) is 1.47. The predicted octanol–water partition coefficient (Wildman–Crippen LogP) is 2.57. The van der Waals surface area contributed by atoms with E-state index in [4.69, 9.17) is 5.26 Å². The standard InChI is InChI=1S/C10H6BrN3/c1-6-10(11)14-9-4-7(5-12)2-3-8(9)13-6/h2-4H,1H3. The third-order valence-corrected chi connectivity index (χ3v) is 2.66. The van der Waals surface area contributed by atoms with Gasteiger partial charge in [0.2, 0.25) is 0 Å². The molecule has 0 amide bonds. The van der Waals surface area contributed by atoms with E-state index in [-0.39, 0.29) is 0 Å². The minimum absolute atomic E-state index is 0.600. The molecule has 0 fully saturated rings. The van der Waals surface area contributed by atoms with Crippen LogP contribution < -0.4 is 0 Å². The number of aromatic nitrogens is 2. The van der Waals surface area contributed by atoms with Crippen molar-refractivity contribution in [3.8, 4) is 6.07 Å². The van der Waals surface area contributed by atoms with Crippen LogP contribution in [-0.2, 0) is 0 Å². The van der Waals surface area contributed by atoms with Crippen molar-refractivity contribution < 1.29 is 0 Å². The fraction of sp³-hybridized carbons (Fsp3) is 0.100. The Morgan fingerprint density at radius 1 is 1.29 bits per heavy atom. The summed E-state index contributed by atoms with van der Waals surface area (Å²) in [6.45, 7) is 1.88. The number of fused-ring (bicyclic) bond motifs is 1. The Kier molecular flexibility index (Phi) is 2.18. The highest BCUT2D eigenvalue weighted by Gasteiger charge is 2.02. The second kappa shape index (κ2) is 3.35. The molecule has 0 N–H and O–H groups in total. The number of hydrogen-bond acceptors (Lipinski definition) is 3. The van der Waals surface area contributed by atoms with E-state index < -0.39 is 0 Å². The first-order valence-electron chi connectivity index (χ1n) is 4.05. The molecule has 0 radical (unpaired) electrons. The lowest BCUT2D eigenvalue weighted by Gasteiger charge is -2.00. The summed E-state index contributed by atoms with van der Waals surface area (Å²) in [5, 5.41) is 8.71. The van der Waals surface area contributed by atoms with E-state index in [0.717, 1.165) is 21.3 Å². The van der Waals surface area contributed by atoms with E-state index in [1.54, 1.807) is 18.2 Å². The molecule has 2 aromatic rings. The Morgan fingerprint density at radius 3 is 2.79 bits per heavy atom. The molecule has 4 heteroatoms. The van der Waals surface area contributed by atoms with Gasteiger partial charge in [0.05, 0.1) is 28.4 Å².